The van der Waals surface area contributed by atoms with Gasteiger partial charge < -0.3 is 5.32 Å². The second-order valence-electron chi connectivity index (χ2n) is 5.11. The van der Waals surface area contributed by atoms with Crippen molar-refractivity contribution in [3.05, 3.63) is 48.0 Å². The van der Waals surface area contributed by atoms with Crippen LogP contribution in [0.4, 0.5) is 0 Å². The van der Waals surface area contributed by atoms with Gasteiger partial charge in [-0.3, -0.25) is 4.79 Å². The number of fused-ring (bicyclic) bond motifs is 1. The van der Waals surface area contributed by atoms with E-state index in [1.165, 1.54) is 10.8 Å². The molecule has 0 heterocycles. The Morgan fingerprint density at radius 2 is 1.78 bits per heavy atom. The highest BCUT2D eigenvalue weighted by atomic mass is 16.1. The van der Waals surface area contributed by atoms with E-state index in [0.717, 1.165) is 5.56 Å². The Bertz CT molecular complexity index is 567. The lowest BCUT2D eigenvalue weighted by Gasteiger charge is -2.22. The summed E-state index contributed by atoms with van der Waals surface area (Å²) in [4.78, 5) is 12.2. The van der Waals surface area contributed by atoms with Gasteiger partial charge in [0.2, 0.25) is 0 Å². The number of rotatable bonds is 4. The molecule has 0 aromatic heterocycles. The Morgan fingerprint density at radius 3 is 2.50 bits per heavy atom. The lowest BCUT2D eigenvalue weighted by Crippen LogP contribution is -2.45. The predicted octanol–water partition coefficient (Wildman–Crippen LogP) is 2.95. The maximum Gasteiger partial charge on any atom is 0.156 e. The molecule has 2 rings (SSSR count). The molecule has 0 spiro atoms. The standard InChI is InChI=1S/C16H19NO/c1-16(2,17-3)15(18)11-13-9-6-8-12-7-4-5-10-14(12)13/h4-10,17H,11H2,1-3H3. The molecule has 0 aliphatic heterocycles. The van der Waals surface area contributed by atoms with Gasteiger partial charge in [0.15, 0.2) is 5.78 Å². The van der Waals surface area contributed by atoms with E-state index < -0.39 is 5.54 Å². The molecule has 2 nitrogen and oxygen atoms in total. The lowest BCUT2D eigenvalue weighted by atomic mass is 9.92. The minimum Gasteiger partial charge on any atom is -0.308 e. The van der Waals surface area contributed by atoms with Gasteiger partial charge in [-0.25, -0.2) is 0 Å². The van der Waals surface area contributed by atoms with Crippen molar-refractivity contribution >= 4 is 16.6 Å². The summed E-state index contributed by atoms with van der Waals surface area (Å²) < 4.78 is 0. The molecule has 2 aromatic carbocycles. The number of carbonyl (C=O) groups is 1. The Balaban J connectivity index is 2.36. The predicted molar refractivity (Wildman–Crippen MR) is 75.8 cm³/mol. The largest absolute Gasteiger partial charge is 0.308 e. The first-order valence-electron chi connectivity index (χ1n) is 6.23. The summed E-state index contributed by atoms with van der Waals surface area (Å²) in [6.07, 6.45) is 0.467. The highest BCUT2D eigenvalue weighted by molar-refractivity contribution is 5.94. The van der Waals surface area contributed by atoms with Crippen LogP contribution in [0.1, 0.15) is 19.4 Å². The van der Waals surface area contributed by atoms with E-state index in [9.17, 15) is 4.79 Å². The fraction of sp³-hybridized carbons (Fsp3) is 0.312. The molecule has 0 unspecified atom stereocenters. The van der Waals surface area contributed by atoms with Crippen molar-refractivity contribution < 1.29 is 4.79 Å². The van der Waals surface area contributed by atoms with Crippen molar-refractivity contribution in [1.82, 2.24) is 5.32 Å². The van der Waals surface area contributed by atoms with Crippen molar-refractivity contribution in [1.29, 1.82) is 0 Å². The van der Waals surface area contributed by atoms with Gasteiger partial charge in [-0.15, -0.1) is 0 Å². The summed E-state index contributed by atoms with van der Waals surface area (Å²) in [5.74, 6) is 0.210. The molecule has 1 N–H and O–H groups in total. The van der Waals surface area contributed by atoms with Crippen molar-refractivity contribution in [2.24, 2.45) is 0 Å². The molecule has 2 aromatic rings. The number of hydrogen-bond donors (Lipinski definition) is 1. The second kappa shape index (κ2) is 4.91. The first-order chi connectivity index (χ1) is 8.54. The molecule has 94 valence electrons. The molecule has 0 amide bonds. The fourth-order valence-electron chi connectivity index (χ4n) is 1.98. The SMILES string of the molecule is CNC(C)(C)C(=O)Cc1cccc2ccccc12. The average Bonchev–Trinajstić information content (AvgIpc) is 2.39. The van der Waals surface area contributed by atoms with Crippen LogP contribution in [0.2, 0.25) is 0 Å². The van der Waals surface area contributed by atoms with Crippen LogP contribution < -0.4 is 5.32 Å². The zero-order valence-corrected chi connectivity index (χ0v) is 11.2. The molecule has 0 fully saturated rings. The van der Waals surface area contributed by atoms with E-state index in [1.807, 2.05) is 45.2 Å². The molecule has 0 saturated carbocycles. The van der Waals surface area contributed by atoms with Gasteiger partial charge in [0.05, 0.1) is 5.54 Å². The minimum atomic E-state index is -0.475. The Hall–Kier alpha value is -1.67. The van der Waals surface area contributed by atoms with Gasteiger partial charge >= 0.3 is 0 Å². The van der Waals surface area contributed by atoms with Gasteiger partial charge in [0.1, 0.15) is 0 Å². The summed E-state index contributed by atoms with van der Waals surface area (Å²) in [6, 6.07) is 14.3. The summed E-state index contributed by atoms with van der Waals surface area (Å²) in [7, 11) is 1.82. The van der Waals surface area contributed by atoms with Gasteiger partial charge in [-0.1, -0.05) is 42.5 Å². The van der Waals surface area contributed by atoms with E-state index >= 15 is 0 Å². The van der Waals surface area contributed by atoms with Crippen LogP contribution >= 0.6 is 0 Å². The van der Waals surface area contributed by atoms with Crippen LogP contribution in [0.5, 0.6) is 0 Å². The van der Waals surface area contributed by atoms with Gasteiger partial charge in [0.25, 0.3) is 0 Å². The molecule has 2 heteroatoms. The first kappa shape index (κ1) is 12.8. The van der Waals surface area contributed by atoms with E-state index in [0.29, 0.717) is 6.42 Å². The summed E-state index contributed by atoms with van der Waals surface area (Å²) in [6.45, 7) is 3.83. The van der Waals surface area contributed by atoms with Crippen LogP contribution in [0.15, 0.2) is 42.5 Å². The molecule has 0 bridgehead atoms. The monoisotopic (exact) mass is 241 g/mol. The third kappa shape index (κ3) is 2.44. The fourth-order valence-corrected chi connectivity index (χ4v) is 1.98. The minimum absolute atomic E-state index is 0.210. The summed E-state index contributed by atoms with van der Waals surface area (Å²) in [5, 5.41) is 5.41. The smallest absolute Gasteiger partial charge is 0.156 e. The molecule has 0 aliphatic rings. The summed E-state index contributed by atoms with van der Waals surface area (Å²) >= 11 is 0. The molecule has 0 radical (unpaired) electrons. The van der Waals surface area contributed by atoms with Crippen molar-refractivity contribution in [3.63, 3.8) is 0 Å². The van der Waals surface area contributed by atoms with Crippen LogP contribution in [0.25, 0.3) is 10.8 Å². The van der Waals surface area contributed by atoms with Crippen molar-refractivity contribution in [3.8, 4) is 0 Å². The quantitative estimate of drug-likeness (QED) is 0.891. The summed E-state index contributed by atoms with van der Waals surface area (Å²) in [5.41, 5.74) is 0.623. The van der Waals surface area contributed by atoms with Crippen LogP contribution in [0.3, 0.4) is 0 Å². The van der Waals surface area contributed by atoms with Crippen LogP contribution in [-0.2, 0) is 11.2 Å². The van der Waals surface area contributed by atoms with Crippen molar-refractivity contribution in [2.75, 3.05) is 7.05 Å². The lowest BCUT2D eigenvalue weighted by molar-refractivity contribution is -0.123. The van der Waals surface area contributed by atoms with Gasteiger partial charge in [-0.05, 0) is 37.2 Å². The van der Waals surface area contributed by atoms with E-state index in [1.54, 1.807) is 0 Å². The highest BCUT2D eigenvalue weighted by Crippen LogP contribution is 2.20. The number of carbonyl (C=O) groups excluding carboxylic acids is 1. The van der Waals surface area contributed by atoms with Gasteiger partial charge in [-0.2, -0.15) is 0 Å². The average molecular weight is 241 g/mol. The zero-order valence-electron chi connectivity index (χ0n) is 11.2. The van der Waals surface area contributed by atoms with Crippen molar-refractivity contribution in [2.45, 2.75) is 25.8 Å². The Morgan fingerprint density at radius 1 is 1.11 bits per heavy atom. The number of Topliss-reactive ketones (excluding diaryl/α,β-unsaturated/α-hetero) is 1. The second-order valence-corrected chi connectivity index (χ2v) is 5.11. The molecule has 0 aliphatic carbocycles. The topological polar surface area (TPSA) is 29.1 Å². The molecular weight excluding hydrogens is 222 g/mol. The van der Waals surface area contributed by atoms with Crippen LogP contribution in [-0.4, -0.2) is 18.4 Å². The molecule has 0 atom stereocenters. The number of likely N-dealkylation sites (N-methyl/N-ethyl adjacent to an activating group) is 1. The third-order valence-corrected chi connectivity index (χ3v) is 3.55. The Labute approximate surface area is 108 Å². The Kier molecular flexibility index (Phi) is 3.48. The molecule has 0 saturated heterocycles. The highest BCUT2D eigenvalue weighted by Gasteiger charge is 2.25. The number of hydrogen-bond acceptors (Lipinski definition) is 2. The zero-order chi connectivity index (χ0) is 13.2. The van der Waals surface area contributed by atoms with Crippen LogP contribution in [0, 0.1) is 0 Å². The maximum atomic E-state index is 12.2. The third-order valence-electron chi connectivity index (χ3n) is 3.55. The molecular formula is C16H19NO. The van der Waals surface area contributed by atoms with E-state index in [4.69, 9.17) is 0 Å². The van der Waals surface area contributed by atoms with E-state index in [-0.39, 0.29) is 5.78 Å². The van der Waals surface area contributed by atoms with E-state index in [2.05, 4.69) is 23.5 Å². The first-order valence-corrected chi connectivity index (χ1v) is 6.23. The number of benzene rings is 2. The van der Waals surface area contributed by atoms with Gasteiger partial charge in [0, 0.05) is 6.42 Å². The number of ketones is 1. The molecule has 18 heavy (non-hydrogen) atoms. The normalized spacial score (nSPS) is 11.7. The number of nitrogens with one attached hydrogen (secondary N) is 1. The maximum absolute atomic E-state index is 12.2.